The third-order valence-corrected chi connectivity index (χ3v) is 3.16. The molecule has 1 unspecified atom stereocenters. The SMILES string of the molecule is COCCN(C(=O)c1ccc(Cl)cc1O)C(C)COC. The fourth-order valence-corrected chi connectivity index (χ4v) is 2.05. The number of methoxy groups -OCH3 is 2. The molecule has 1 aromatic rings. The lowest BCUT2D eigenvalue weighted by Crippen LogP contribution is -2.43. The van der Waals surface area contributed by atoms with Crippen molar-refractivity contribution in [3.63, 3.8) is 0 Å². The van der Waals surface area contributed by atoms with Gasteiger partial charge in [0.2, 0.25) is 0 Å². The van der Waals surface area contributed by atoms with Gasteiger partial charge in [0.25, 0.3) is 5.91 Å². The summed E-state index contributed by atoms with van der Waals surface area (Å²) >= 11 is 5.77. The maximum absolute atomic E-state index is 12.5. The van der Waals surface area contributed by atoms with Gasteiger partial charge in [-0.3, -0.25) is 4.79 Å². The van der Waals surface area contributed by atoms with Gasteiger partial charge in [0.05, 0.1) is 24.8 Å². The maximum Gasteiger partial charge on any atom is 0.258 e. The zero-order valence-corrected chi connectivity index (χ0v) is 12.7. The molecule has 0 aliphatic carbocycles. The predicted octanol–water partition coefficient (Wildman–Crippen LogP) is 2.17. The van der Waals surface area contributed by atoms with Gasteiger partial charge in [0.15, 0.2) is 0 Å². The van der Waals surface area contributed by atoms with E-state index in [2.05, 4.69) is 0 Å². The largest absolute Gasteiger partial charge is 0.507 e. The number of halogens is 1. The molecule has 0 fully saturated rings. The summed E-state index contributed by atoms with van der Waals surface area (Å²) in [4.78, 5) is 14.1. The first-order chi connectivity index (χ1) is 9.51. The summed E-state index contributed by atoms with van der Waals surface area (Å²) < 4.78 is 10.1. The zero-order chi connectivity index (χ0) is 15.1. The molecule has 1 atom stereocenters. The van der Waals surface area contributed by atoms with E-state index in [0.717, 1.165) is 0 Å². The van der Waals surface area contributed by atoms with Gasteiger partial charge in [-0.05, 0) is 25.1 Å². The van der Waals surface area contributed by atoms with Crippen LogP contribution in [0.1, 0.15) is 17.3 Å². The molecular formula is C14H20ClNO4. The first kappa shape index (κ1) is 16.8. The number of nitrogens with zero attached hydrogens (tertiary/aromatic N) is 1. The number of phenols is 1. The highest BCUT2D eigenvalue weighted by molar-refractivity contribution is 6.30. The molecule has 0 aliphatic heterocycles. The quantitative estimate of drug-likeness (QED) is 0.838. The van der Waals surface area contributed by atoms with Crippen molar-refractivity contribution in [3.8, 4) is 5.75 Å². The van der Waals surface area contributed by atoms with Gasteiger partial charge >= 0.3 is 0 Å². The number of rotatable bonds is 7. The molecule has 0 saturated heterocycles. The number of aromatic hydroxyl groups is 1. The van der Waals surface area contributed by atoms with E-state index in [0.29, 0.717) is 24.8 Å². The second kappa shape index (κ2) is 8.09. The first-order valence-electron chi connectivity index (χ1n) is 6.28. The fourth-order valence-electron chi connectivity index (χ4n) is 1.88. The molecule has 0 saturated carbocycles. The van der Waals surface area contributed by atoms with Crippen LogP contribution in [0, 0.1) is 0 Å². The van der Waals surface area contributed by atoms with Crippen molar-refractivity contribution in [1.29, 1.82) is 0 Å². The molecule has 20 heavy (non-hydrogen) atoms. The number of hydrogen-bond donors (Lipinski definition) is 1. The molecule has 0 radical (unpaired) electrons. The molecule has 0 heterocycles. The number of ether oxygens (including phenoxy) is 2. The molecule has 1 aromatic carbocycles. The minimum absolute atomic E-state index is 0.127. The van der Waals surface area contributed by atoms with Gasteiger partial charge in [0, 0.05) is 25.8 Å². The van der Waals surface area contributed by atoms with Gasteiger partial charge in [-0.15, -0.1) is 0 Å². The van der Waals surface area contributed by atoms with Gasteiger partial charge < -0.3 is 19.5 Å². The van der Waals surface area contributed by atoms with Gasteiger partial charge in [0.1, 0.15) is 5.75 Å². The van der Waals surface area contributed by atoms with Crippen molar-refractivity contribution in [3.05, 3.63) is 28.8 Å². The lowest BCUT2D eigenvalue weighted by atomic mass is 10.1. The van der Waals surface area contributed by atoms with E-state index in [1.54, 1.807) is 25.2 Å². The Hall–Kier alpha value is -1.30. The normalized spacial score (nSPS) is 12.2. The van der Waals surface area contributed by atoms with Crippen LogP contribution in [-0.4, -0.2) is 55.9 Å². The number of hydrogen-bond acceptors (Lipinski definition) is 4. The van der Waals surface area contributed by atoms with Crippen LogP contribution in [0.2, 0.25) is 5.02 Å². The molecule has 1 N–H and O–H groups in total. The van der Waals surface area contributed by atoms with Crippen molar-refractivity contribution in [1.82, 2.24) is 4.90 Å². The highest BCUT2D eigenvalue weighted by atomic mass is 35.5. The summed E-state index contributed by atoms with van der Waals surface area (Å²) in [6.07, 6.45) is 0. The smallest absolute Gasteiger partial charge is 0.258 e. The van der Waals surface area contributed by atoms with Crippen molar-refractivity contribution >= 4 is 17.5 Å². The number of carbonyl (C=O) groups is 1. The van der Waals surface area contributed by atoms with Crippen LogP contribution in [-0.2, 0) is 9.47 Å². The topological polar surface area (TPSA) is 59.0 Å². The second-order valence-corrected chi connectivity index (χ2v) is 4.89. The third kappa shape index (κ3) is 4.37. The molecule has 0 aromatic heterocycles. The molecule has 112 valence electrons. The predicted molar refractivity (Wildman–Crippen MR) is 77.4 cm³/mol. The van der Waals surface area contributed by atoms with Crippen LogP contribution < -0.4 is 0 Å². The van der Waals surface area contributed by atoms with Crippen LogP contribution in [0.25, 0.3) is 0 Å². The summed E-state index contributed by atoms with van der Waals surface area (Å²) in [6.45, 7) is 3.11. The highest BCUT2D eigenvalue weighted by Crippen LogP contribution is 2.23. The molecule has 0 bridgehead atoms. The Morgan fingerprint density at radius 1 is 1.40 bits per heavy atom. The number of phenolic OH excluding ortho intramolecular Hbond substituents is 1. The van der Waals surface area contributed by atoms with Crippen LogP contribution in [0.3, 0.4) is 0 Å². The number of carbonyl (C=O) groups excluding carboxylic acids is 1. The van der Waals surface area contributed by atoms with E-state index >= 15 is 0 Å². The average Bonchev–Trinajstić information content (AvgIpc) is 2.39. The Bertz CT molecular complexity index is 453. The van der Waals surface area contributed by atoms with Crippen molar-refractivity contribution < 1.29 is 19.4 Å². The minimum Gasteiger partial charge on any atom is -0.507 e. The Balaban J connectivity index is 2.96. The van der Waals surface area contributed by atoms with Gasteiger partial charge in [-0.2, -0.15) is 0 Å². The Kier molecular flexibility index (Phi) is 6.78. The van der Waals surface area contributed by atoms with E-state index in [1.807, 2.05) is 6.92 Å². The Morgan fingerprint density at radius 2 is 2.10 bits per heavy atom. The van der Waals surface area contributed by atoms with Crippen LogP contribution in [0.15, 0.2) is 18.2 Å². The third-order valence-electron chi connectivity index (χ3n) is 2.93. The van der Waals surface area contributed by atoms with E-state index < -0.39 is 0 Å². The van der Waals surface area contributed by atoms with Gasteiger partial charge in [-0.25, -0.2) is 0 Å². The van der Waals surface area contributed by atoms with Crippen molar-refractivity contribution in [2.45, 2.75) is 13.0 Å². The zero-order valence-electron chi connectivity index (χ0n) is 11.9. The standard InChI is InChI=1S/C14H20ClNO4/c1-10(9-20-3)16(6-7-19-2)14(18)12-5-4-11(15)8-13(12)17/h4-5,8,10,17H,6-7,9H2,1-3H3. The first-order valence-corrected chi connectivity index (χ1v) is 6.66. The van der Waals surface area contributed by atoms with Crippen LogP contribution >= 0.6 is 11.6 Å². The fraction of sp³-hybridized carbons (Fsp3) is 0.500. The van der Waals surface area contributed by atoms with E-state index in [9.17, 15) is 9.90 Å². The molecule has 6 heteroatoms. The summed E-state index contributed by atoms with van der Waals surface area (Å²) in [7, 11) is 3.15. The maximum atomic E-state index is 12.5. The van der Waals surface area contributed by atoms with E-state index in [-0.39, 0.29) is 23.3 Å². The van der Waals surface area contributed by atoms with E-state index in [1.165, 1.54) is 12.1 Å². The molecule has 1 rings (SSSR count). The summed E-state index contributed by atoms with van der Waals surface area (Å²) in [5.74, 6) is -0.407. The number of amides is 1. The summed E-state index contributed by atoms with van der Waals surface area (Å²) in [5.41, 5.74) is 0.216. The molecule has 0 spiro atoms. The average molecular weight is 302 g/mol. The number of benzene rings is 1. The molecule has 1 amide bonds. The summed E-state index contributed by atoms with van der Waals surface area (Å²) in [6, 6.07) is 4.31. The Labute approximate surface area is 124 Å². The minimum atomic E-state index is -0.277. The monoisotopic (exact) mass is 301 g/mol. The molecule has 5 nitrogen and oxygen atoms in total. The highest BCUT2D eigenvalue weighted by Gasteiger charge is 2.23. The van der Waals surface area contributed by atoms with Crippen LogP contribution in [0.5, 0.6) is 5.75 Å². The molecular weight excluding hydrogens is 282 g/mol. The lowest BCUT2D eigenvalue weighted by molar-refractivity contribution is 0.0477. The van der Waals surface area contributed by atoms with Crippen molar-refractivity contribution in [2.24, 2.45) is 0 Å². The van der Waals surface area contributed by atoms with E-state index in [4.69, 9.17) is 21.1 Å². The lowest BCUT2D eigenvalue weighted by Gasteiger charge is -2.29. The van der Waals surface area contributed by atoms with Crippen LogP contribution in [0.4, 0.5) is 0 Å². The van der Waals surface area contributed by atoms with Crippen molar-refractivity contribution in [2.75, 3.05) is 34.0 Å². The Morgan fingerprint density at radius 3 is 2.65 bits per heavy atom. The van der Waals surface area contributed by atoms with Gasteiger partial charge in [-0.1, -0.05) is 11.6 Å². The molecule has 0 aliphatic rings. The summed E-state index contributed by atoms with van der Waals surface area (Å²) in [5, 5.41) is 10.2. The second-order valence-electron chi connectivity index (χ2n) is 4.46.